The molecule has 0 aliphatic carbocycles. The van der Waals surface area contributed by atoms with Gasteiger partial charge in [-0.2, -0.15) is 0 Å². The van der Waals surface area contributed by atoms with Crippen molar-refractivity contribution in [2.45, 2.75) is 6.92 Å². The van der Waals surface area contributed by atoms with Crippen LogP contribution >= 0.6 is 0 Å². The van der Waals surface area contributed by atoms with Crippen LogP contribution in [-0.4, -0.2) is 23.6 Å². The lowest BCUT2D eigenvalue weighted by Crippen LogP contribution is -2.21. The highest BCUT2D eigenvalue weighted by Gasteiger charge is 1.93. The van der Waals surface area contributed by atoms with Gasteiger partial charge in [0.2, 0.25) is 0 Å². The van der Waals surface area contributed by atoms with Crippen molar-refractivity contribution in [3.05, 3.63) is 12.2 Å². The third-order valence-electron chi connectivity index (χ3n) is 0.694. The predicted molar refractivity (Wildman–Crippen MR) is 36.5 cm³/mol. The van der Waals surface area contributed by atoms with Gasteiger partial charge in [0.15, 0.2) is 0 Å². The first-order chi connectivity index (χ1) is 5.16. The fourth-order valence-electron chi connectivity index (χ4n) is 0.324. The molecule has 0 rings (SSSR count). The lowest BCUT2D eigenvalue weighted by Gasteiger charge is -1.96. The number of rotatable bonds is 4. The van der Waals surface area contributed by atoms with Crippen LogP contribution < -0.4 is 5.48 Å². The van der Waals surface area contributed by atoms with Crippen LogP contribution in [0.4, 0.5) is 0 Å². The van der Waals surface area contributed by atoms with Gasteiger partial charge < -0.3 is 5.11 Å². The fraction of sp³-hybridized carbons (Fsp3) is 0.333. The molecule has 0 spiro atoms. The Hall–Kier alpha value is -1.36. The summed E-state index contributed by atoms with van der Waals surface area (Å²) in [7, 11) is 0. The van der Waals surface area contributed by atoms with E-state index >= 15 is 0 Å². The Kier molecular flexibility index (Phi) is 4.76. The molecule has 0 radical (unpaired) electrons. The maximum absolute atomic E-state index is 10.5. The summed E-state index contributed by atoms with van der Waals surface area (Å²) in [5, 5.41) is 8.08. The molecule has 1 amide bonds. The van der Waals surface area contributed by atoms with E-state index < -0.39 is 11.9 Å². The van der Waals surface area contributed by atoms with Gasteiger partial charge in [0.25, 0.3) is 5.91 Å². The van der Waals surface area contributed by atoms with E-state index in [1.165, 1.54) is 0 Å². The number of carboxylic acids is 1. The standard InChI is InChI=1S/C6H9NO4/c1-2-11-7-5(8)3-4-6(9)10/h3-4H,2H2,1H3,(H,7,8)(H,9,10)/b4-3-. The highest BCUT2D eigenvalue weighted by Crippen LogP contribution is 1.74. The summed E-state index contributed by atoms with van der Waals surface area (Å²) in [6.45, 7) is 2.04. The summed E-state index contributed by atoms with van der Waals surface area (Å²) in [5.74, 6) is -1.76. The first-order valence-corrected chi connectivity index (χ1v) is 2.99. The van der Waals surface area contributed by atoms with Gasteiger partial charge >= 0.3 is 5.97 Å². The first-order valence-electron chi connectivity index (χ1n) is 2.99. The maximum Gasteiger partial charge on any atom is 0.328 e. The van der Waals surface area contributed by atoms with Crippen LogP contribution in [0.25, 0.3) is 0 Å². The summed E-state index contributed by atoms with van der Waals surface area (Å²) >= 11 is 0. The third kappa shape index (κ3) is 6.53. The molecule has 0 aromatic rings. The molecular formula is C6H9NO4. The first kappa shape index (κ1) is 9.64. The van der Waals surface area contributed by atoms with Crippen molar-refractivity contribution in [2.24, 2.45) is 0 Å². The van der Waals surface area contributed by atoms with Gasteiger partial charge in [-0.05, 0) is 6.92 Å². The summed E-state index contributed by atoms with van der Waals surface area (Å²) < 4.78 is 0. The van der Waals surface area contributed by atoms with Gasteiger partial charge in [0.05, 0.1) is 6.61 Å². The lowest BCUT2D eigenvalue weighted by molar-refractivity contribution is -0.132. The Morgan fingerprint density at radius 1 is 1.55 bits per heavy atom. The Morgan fingerprint density at radius 3 is 2.64 bits per heavy atom. The van der Waals surface area contributed by atoms with E-state index in [0.29, 0.717) is 6.61 Å². The Bertz CT molecular complexity index is 175. The molecule has 0 saturated heterocycles. The predicted octanol–water partition coefficient (Wildman–Crippen LogP) is -0.305. The number of carbonyl (C=O) groups is 2. The normalized spacial score (nSPS) is 9.91. The van der Waals surface area contributed by atoms with Crippen molar-refractivity contribution in [1.29, 1.82) is 0 Å². The van der Waals surface area contributed by atoms with Crippen molar-refractivity contribution >= 4 is 11.9 Å². The monoisotopic (exact) mass is 159 g/mol. The van der Waals surface area contributed by atoms with Gasteiger partial charge in [0, 0.05) is 12.2 Å². The average molecular weight is 159 g/mol. The van der Waals surface area contributed by atoms with Crippen LogP contribution in [0.1, 0.15) is 6.92 Å². The van der Waals surface area contributed by atoms with Crippen molar-refractivity contribution in [3.8, 4) is 0 Å². The van der Waals surface area contributed by atoms with E-state index in [2.05, 4.69) is 4.84 Å². The highest BCUT2D eigenvalue weighted by atomic mass is 16.6. The van der Waals surface area contributed by atoms with Crippen molar-refractivity contribution in [1.82, 2.24) is 5.48 Å². The number of amides is 1. The lowest BCUT2D eigenvalue weighted by atomic mass is 10.5. The molecule has 11 heavy (non-hydrogen) atoms. The topological polar surface area (TPSA) is 75.6 Å². The molecule has 0 fully saturated rings. The van der Waals surface area contributed by atoms with Crippen molar-refractivity contribution in [3.63, 3.8) is 0 Å². The van der Waals surface area contributed by atoms with Crippen LogP contribution in [0.5, 0.6) is 0 Å². The molecule has 0 bridgehead atoms. The maximum atomic E-state index is 10.5. The molecule has 5 heteroatoms. The summed E-state index contributed by atoms with van der Waals surface area (Å²) in [6, 6.07) is 0. The largest absolute Gasteiger partial charge is 0.478 e. The van der Waals surface area contributed by atoms with E-state index in [4.69, 9.17) is 5.11 Å². The van der Waals surface area contributed by atoms with Crippen LogP contribution in [0.15, 0.2) is 12.2 Å². The van der Waals surface area contributed by atoms with Crippen LogP contribution in [0.3, 0.4) is 0 Å². The number of carbonyl (C=O) groups excluding carboxylic acids is 1. The molecule has 0 aromatic heterocycles. The van der Waals surface area contributed by atoms with Crippen molar-refractivity contribution < 1.29 is 19.5 Å². The second-order valence-corrected chi connectivity index (χ2v) is 1.57. The van der Waals surface area contributed by atoms with Gasteiger partial charge in [-0.25, -0.2) is 10.3 Å². The number of hydrogen-bond donors (Lipinski definition) is 2. The van der Waals surface area contributed by atoms with Gasteiger partial charge in [-0.1, -0.05) is 0 Å². The highest BCUT2D eigenvalue weighted by molar-refractivity contribution is 5.93. The SMILES string of the molecule is CCONC(=O)/C=C\C(=O)O. The number of carboxylic acid groups (broad SMARTS) is 1. The zero-order valence-electron chi connectivity index (χ0n) is 6.03. The minimum atomic E-state index is -1.17. The van der Waals surface area contributed by atoms with Crippen LogP contribution in [0, 0.1) is 0 Å². The smallest absolute Gasteiger partial charge is 0.328 e. The Morgan fingerprint density at radius 2 is 2.18 bits per heavy atom. The molecule has 0 heterocycles. The quantitative estimate of drug-likeness (QED) is 0.436. The zero-order valence-corrected chi connectivity index (χ0v) is 6.03. The summed E-state index contributed by atoms with van der Waals surface area (Å²) in [6.07, 6.45) is 1.60. The van der Waals surface area contributed by atoms with Crippen LogP contribution in [-0.2, 0) is 14.4 Å². The van der Waals surface area contributed by atoms with Crippen molar-refractivity contribution in [2.75, 3.05) is 6.61 Å². The summed E-state index contributed by atoms with van der Waals surface area (Å²) in [5.41, 5.74) is 2.00. The van der Waals surface area contributed by atoms with E-state index in [9.17, 15) is 9.59 Å². The van der Waals surface area contributed by atoms with Gasteiger partial charge in [-0.15, -0.1) is 0 Å². The molecule has 0 aromatic carbocycles. The second-order valence-electron chi connectivity index (χ2n) is 1.57. The molecule has 5 nitrogen and oxygen atoms in total. The number of aliphatic carboxylic acids is 1. The number of hydrogen-bond acceptors (Lipinski definition) is 3. The minimum Gasteiger partial charge on any atom is -0.478 e. The van der Waals surface area contributed by atoms with E-state index in [-0.39, 0.29) is 0 Å². The summed E-state index contributed by atoms with van der Waals surface area (Å²) in [4.78, 5) is 24.9. The molecule has 0 saturated carbocycles. The molecular weight excluding hydrogens is 150 g/mol. The van der Waals surface area contributed by atoms with E-state index in [1.807, 2.05) is 5.48 Å². The molecule has 0 atom stereocenters. The molecule has 62 valence electrons. The van der Waals surface area contributed by atoms with E-state index in [1.54, 1.807) is 6.92 Å². The average Bonchev–Trinajstić information content (AvgIpc) is 1.97. The zero-order chi connectivity index (χ0) is 8.69. The molecule has 0 aliphatic rings. The molecule has 2 N–H and O–H groups in total. The number of nitrogens with one attached hydrogen (secondary N) is 1. The van der Waals surface area contributed by atoms with Crippen LogP contribution in [0.2, 0.25) is 0 Å². The fourth-order valence-corrected chi connectivity index (χ4v) is 0.324. The Balaban J connectivity index is 3.60. The Labute approximate surface area is 63.6 Å². The number of hydroxylamine groups is 1. The van der Waals surface area contributed by atoms with Gasteiger partial charge in [0.1, 0.15) is 0 Å². The van der Waals surface area contributed by atoms with Gasteiger partial charge in [-0.3, -0.25) is 9.63 Å². The second kappa shape index (κ2) is 5.43. The molecule has 0 unspecified atom stereocenters. The van der Waals surface area contributed by atoms with E-state index in [0.717, 1.165) is 12.2 Å². The third-order valence-corrected chi connectivity index (χ3v) is 0.694. The molecule has 0 aliphatic heterocycles. The minimum absolute atomic E-state index is 0.340.